The van der Waals surface area contributed by atoms with Crippen molar-refractivity contribution in [2.45, 2.75) is 6.92 Å². The highest BCUT2D eigenvalue weighted by Gasteiger charge is 2.40. The van der Waals surface area contributed by atoms with Crippen LogP contribution >= 0.6 is 0 Å². The number of nitrogens with zero attached hydrogens (tertiary/aromatic N) is 2. The van der Waals surface area contributed by atoms with E-state index in [1.54, 1.807) is 79.9 Å². The molecule has 3 aromatic rings. The number of carbonyl (C=O) groups excluding carboxylic acids is 2. The van der Waals surface area contributed by atoms with Crippen LogP contribution in [0.2, 0.25) is 0 Å². The molecule has 4 rings (SSSR count). The van der Waals surface area contributed by atoms with Gasteiger partial charge in [-0.15, -0.1) is 0 Å². The van der Waals surface area contributed by atoms with E-state index in [-0.39, 0.29) is 11.3 Å². The standard InChI is InChI=1S/C26H21N3O4/c1-3-33-22-14-8-19(9-15-22)28-24-23(18-6-12-21(32-2)13-7-18)25(30)29(26(24)31)20-10-4-17(16-27)5-11-20/h4-15,28H,3H2,1-2H3. The molecule has 0 unspecified atom stereocenters. The molecular weight excluding hydrogens is 418 g/mol. The summed E-state index contributed by atoms with van der Waals surface area (Å²) in [5.41, 5.74) is 2.47. The number of rotatable bonds is 7. The average molecular weight is 439 g/mol. The van der Waals surface area contributed by atoms with Crippen molar-refractivity contribution in [3.05, 3.63) is 89.6 Å². The third kappa shape index (κ3) is 4.27. The molecule has 0 saturated heterocycles. The summed E-state index contributed by atoms with van der Waals surface area (Å²) in [6.07, 6.45) is 0. The Hall–Kier alpha value is -4.57. The maximum atomic E-state index is 13.5. The van der Waals surface area contributed by atoms with Gasteiger partial charge >= 0.3 is 0 Å². The first-order chi connectivity index (χ1) is 16.0. The third-order valence-electron chi connectivity index (χ3n) is 5.15. The lowest BCUT2D eigenvalue weighted by molar-refractivity contribution is -0.120. The molecule has 2 amide bonds. The molecule has 3 aromatic carbocycles. The van der Waals surface area contributed by atoms with Crippen molar-refractivity contribution >= 4 is 28.8 Å². The minimum atomic E-state index is -0.482. The fraction of sp³-hybridized carbons (Fsp3) is 0.115. The molecule has 0 saturated carbocycles. The second-order valence-corrected chi connectivity index (χ2v) is 7.17. The summed E-state index contributed by atoms with van der Waals surface area (Å²) >= 11 is 0. The van der Waals surface area contributed by atoms with Gasteiger partial charge in [0, 0.05) is 5.69 Å². The van der Waals surface area contributed by atoms with Gasteiger partial charge < -0.3 is 14.8 Å². The number of methoxy groups -OCH3 is 1. The van der Waals surface area contributed by atoms with Crippen LogP contribution in [-0.4, -0.2) is 25.5 Å². The summed E-state index contributed by atoms with van der Waals surface area (Å²) in [5, 5.41) is 12.2. The van der Waals surface area contributed by atoms with Crippen LogP contribution in [0.15, 0.2) is 78.5 Å². The van der Waals surface area contributed by atoms with Gasteiger partial charge in [0.2, 0.25) is 0 Å². The molecule has 0 radical (unpaired) electrons. The van der Waals surface area contributed by atoms with Gasteiger partial charge in [-0.25, -0.2) is 4.90 Å². The number of amides is 2. The molecule has 1 aliphatic heterocycles. The summed E-state index contributed by atoms with van der Waals surface area (Å²) in [6.45, 7) is 2.45. The molecule has 0 aliphatic carbocycles. The second-order valence-electron chi connectivity index (χ2n) is 7.17. The van der Waals surface area contributed by atoms with E-state index in [1.165, 1.54) is 0 Å². The monoisotopic (exact) mass is 439 g/mol. The van der Waals surface area contributed by atoms with Crippen LogP contribution in [0.5, 0.6) is 11.5 Å². The van der Waals surface area contributed by atoms with E-state index >= 15 is 0 Å². The molecule has 164 valence electrons. The zero-order valence-electron chi connectivity index (χ0n) is 18.2. The van der Waals surface area contributed by atoms with Gasteiger partial charge in [0.25, 0.3) is 11.8 Å². The lowest BCUT2D eigenvalue weighted by Crippen LogP contribution is -2.32. The summed E-state index contributed by atoms with van der Waals surface area (Å²) in [7, 11) is 1.56. The van der Waals surface area contributed by atoms with Crippen molar-refractivity contribution in [2.75, 3.05) is 23.9 Å². The van der Waals surface area contributed by atoms with Crippen molar-refractivity contribution in [1.29, 1.82) is 5.26 Å². The van der Waals surface area contributed by atoms with Gasteiger partial charge in [-0.2, -0.15) is 5.26 Å². The van der Waals surface area contributed by atoms with Crippen molar-refractivity contribution in [2.24, 2.45) is 0 Å². The van der Waals surface area contributed by atoms with Crippen LogP contribution < -0.4 is 19.7 Å². The van der Waals surface area contributed by atoms with Crippen molar-refractivity contribution < 1.29 is 19.1 Å². The number of benzene rings is 3. The highest BCUT2D eigenvalue weighted by molar-refractivity contribution is 6.46. The summed E-state index contributed by atoms with van der Waals surface area (Å²) in [4.78, 5) is 28.0. The molecule has 7 nitrogen and oxygen atoms in total. The van der Waals surface area contributed by atoms with Crippen LogP contribution in [-0.2, 0) is 9.59 Å². The van der Waals surface area contributed by atoms with Gasteiger partial charge in [-0.1, -0.05) is 12.1 Å². The quantitative estimate of drug-likeness (QED) is 0.550. The number of anilines is 2. The Morgan fingerprint density at radius 2 is 1.52 bits per heavy atom. The Bertz CT molecular complexity index is 1250. The lowest BCUT2D eigenvalue weighted by Gasteiger charge is -2.15. The van der Waals surface area contributed by atoms with E-state index in [2.05, 4.69) is 5.32 Å². The zero-order valence-corrected chi connectivity index (χ0v) is 18.2. The first kappa shape index (κ1) is 21.7. The number of carbonyl (C=O) groups is 2. The fourth-order valence-corrected chi connectivity index (χ4v) is 3.54. The number of hydrogen-bond donors (Lipinski definition) is 1. The smallest absolute Gasteiger partial charge is 0.282 e. The number of imide groups is 1. The zero-order chi connectivity index (χ0) is 23.4. The number of hydrogen-bond acceptors (Lipinski definition) is 6. The van der Waals surface area contributed by atoms with Gasteiger partial charge in [0.1, 0.15) is 17.2 Å². The molecule has 0 aromatic heterocycles. The van der Waals surface area contributed by atoms with E-state index in [0.29, 0.717) is 40.6 Å². The third-order valence-corrected chi connectivity index (χ3v) is 5.15. The van der Waals surface area contributed by atoms with E-state index in [4.69, 9.17) is 14.7 Å². The Morgan fingerprint density at radius 1 is 0.879 bits per heavy atom. The van der Waals surface area contributed by atoms with Gasteiger partial charge in [-0.05, 0) is 73.2 Å². The number of nitriles is 1. The summed E-state index contributed by atoms with van der Waals surface area (Å²) in [5.74, 6) is 0.411. The number of nitrogens with one attached hydrogen (secondary N) is 1. The highest BCUT2D eigenvalue weighted by Crippen LogP contribution is 2.34. The Labute approximate surface area is 191 Å². The number of ether oxygens (including phenoxy) is 2. The van der Waals surface area contributed by atoms with E-state index in [1.807, 2.05) is 13.0 Å². The lowest BCUT2D eigenvalue weighted by atomic mass is 10.0. The normalized spacial score (nSPS) is 13.2. The highest BCUT2D eigenvalue weighted by atomic mass is 16.5. The molecule has 0 fully saturated rings. The van der Waals surface area contributed by atoms with Crippen molar-refractivity contribution in [3.8, 4) is 17.6 Å². The molecule has 0 bridgehead atoms. The molecule has 1 aliphatic rings. The maximum absolute atomic E-state index is 13.5. The van der Waals surface area contributed by atoms with Crippen LogP contribution in [0, 0.1) is 11.3 Å². The molecular formula is C26H21N3O4. The molecule has 1 N–H and O–H groups in total. The maximum Gasteiger partial charge on any atom is 0.282 e. The first-order valence-electron chi connectivity index (χ1n) is 10.3. The Balaban J connectivity index is 1.75. The predicted molar refractivity (Wildman–Crippen MR) is 125 cm³/mol. The molecule has 33 heavy (non-hydrogen) atoms. The minimum absolute atomic E-state index is 0.165. The van der Waals surface area contributed by atoms with Gasteiger partial charge in [0.15, 0.2) is 0 Å². The largest absolute Gasteiger partial charge is 0.497 e. The minimum Gasteiger partial charge on any atom is -0.497 e. The van der Waals surface area contributed by atoms with E-state index in [0.717, 1.165) is 4.90 Å². The van der Waals surface area contributed by atoms with Crippen LogP contribution in [0.1, 0.15) is 18.1 Å². The fourth-order valence-electron chi connectivity index (χ4n) is 3.54. The van der Waals surface area contributed by atoms with E-state index < -0.39 is 11.8 Å². The summed E-state index contributed by atoms with van der Waals surface area (Å²) < 4.78 is 10.7. The van der Waals surface area contributed by atoms with Crippen molar-refractivity contribution in [1.82, 2.24) is 0 Å². The average Bonchev–Trinajstić information content (AvgIpc) is 3.09. The molecule has 7 heteroatoms. The van der Waals surface area contributed by atoms with Gasteiger partial charge in [0.05, 0.1) is 36.6 Å². The van der Waals surface area contributed by atoms with Crippen LogP contribution in [0.4, 0.5) is 11.4 Å². The molecule has 0 atom stereocenters. The van der Waals surface area contributed by atoms with Crippen LogP contribution in [0.25, 0.3) is 5.57 Å². The SMILES string of the molecule is CCOc1ccc(NC2=C(c3ccc(OC)cc3)C(=O)N(c3ccc(C#N)cc3)C2=O)cc1. The molecule has 0 spiro atoms. The van der Waals surface area contributed by atoms with E-state index in [9.17, 15) is 9.59 Å². The van der Waals surface area contributed by atoms with Crippen LogP contribution in [0.3, 0.4) is 0 Å². The Morgan fingerprint density at radius 3 is 2.09 bits per heavy atom. The summed E-state index contributed by atoms with van der Waals surface area (Å²) in [6, 6.07) is 22.4. The molecule has 1 heterocycles. The topological polar surface area (TPSA) is 91.7 Å². The first-order valence-corrected chi connectivity index (χ1v) is 10.3. The van der Waals surface area contributed by atoms with Crippen molar-refractivity contribution in [3.63, 3.8) is 0 Å². The predicted octanol–water partition coefficient (Wildman–Crippen LogP) is 4.36. The second kappa shape index (κ2) is 9.28. The Kier molecular flexibility index (Phi) is 6.09. The van der Waals surface area contributed by atoms with Gasteiger partial charge in [-0.3, -0.25) is 9.59 Å².